The maximum Gasteiger partial charge on any atom is 0.316 e. The fourth-order valence-electron chi connectivity index (χ4n) is 4.01. The number of carbonyl (C=O) groups is 2. The molecule has 1 aliphatic carbocycles. The number of anilines is 1. The predicted molar refractivity (Wildman–Crippen MR) is 146 cm³/mol. The highest BCUT2D eigenvalue weighted by Gasteiger charge is 2.52. The SMILES string of the molecule is CCOC(=O)C1(c2ccc(NC(=O)CN(Cc3ccc(Br)cc3)S(=O)(=O)c3ccc(Cl)cc3)cc2)CC1. The summed E-state index contributed by atoms with van der Waals surface area (Å²) >= 11 is 9.31. The minimum absolute atomic E-state index is 0.00660. The molecule has 37 heavy (non-hydrogen) atoms. The first-order chi connectivity index (χ1) is 17.6. The van der Waals surface area contributed by atoms with Gasteiger partial charge in [-0.2, -0.15) is 4.31 Å². The molecular formula is C27H26BrClN2O5S. The summed E-state index contributed by atoms with van der Waals surface area (Å²) in [6.07, 6.45) is 1.45. The number of nitrogens with one attached hydrogen (secondary N) is 1. The minimum Gasteiger partial charge on any atom is -0.465 e. The highest BCUT2D eigenvalue weighted by Crippen LogP contribution is 2.49. The quantitative estimate of drug-likeness (QED) is 0.307. The fraction of sp³-hybridized carbons (Fsp3) is 0.259. The summed E-state index contributed by atoms with van der Waals surface area (Å²) in [6, 6.07) is 20.0. The number of esters is 1. The van der Waals surface area contributed by atoms with Crippen molar-refractivity contribution in [3.63, 3.8) is 0 Å². The number of ether oxygens (including phenoxy) is 1. The molecule has 0 radical (unpaired) electrons. The lowest BCUT2D eigenvalue weighted by atomic mass is 9.96. The Hall–Kier alpha value is -2.72. The van der Waals surface area contributed by atoms with Crippen LogP contribution in [0.2, 0.25) is 5.02 Å². The van der Waals surface area contributed by atoms with Crippen molar-refractivity contribution in [3.8, 4) is 0 Å². The summed E-state index contributed by atoms with van der Waals surface area (Å²) in [5.74, 6) is -0.725. The number of carbonyl (C=O) groups excluding carboxylic acids is 2. The lowest BCUT2D eigenvalue weighted by molar-refractivity contribution is -0.146. The van der Waals surface area contributed by atoms with E-state index in [-0.39, 0.29) is 17.4 Å². The molecule has 1 N–H and O–H groups in total. The number of rotatable bonds is 10. The first kappa shape index (κ1) is 27.3. The monoisotopic (exact) mass is 604 g/mol. The number of amides is 1. The molecule has 7 nitrogen and oxygen atoms in total. The predicted octanol–water partition coefficient (Wildman–Crippen LogP) is 5.53. The van der Waals surface area contributed by atoms with Crippen molar-refractivity contribution in [3.05, 3.63) is 93.4 Å². The Balaban J connectivity index is 1.51. The van der Waals surface area contributed by atoms with Gasteiger partial charge in [-0.05, 0) is 79.4 Å². The molecule has 0 unspecified atom stereocenters. The molecule has 3 aromatic rings. The van der Waals surface area contributed by atoms with Crippen molar-refractivity contribution < 1.29 is 22.7 Å². The van der Waals surface area contributed by atoms with Crippen molar-refractivity contribution in [2.24, 2.45) is 0 Å². The topological polar surface area (TPSA) is 92.8 Å². The largest absolute Gasteiger partial charge is 0.465 e. The molecule has 1 amide bonds. The van der Waals surface area contributed by atoms with Gasteiger partial charge in [0.2, 0.25) is 15.9 Å². The zero-order chi connectivity index (χ0) is 26.6. The van der Waals surface area contributed by atoms with E-state index in [2.05, 4.69) is 21.2 Å². The third kappa shape index (κ3) is 6.41. The van der Waals surface area contributed by atoms with Crippen LogP contribution in [-0.4, -0.2) is 37.8 Å². The lowest BCUT2D eigenvalue weighted by Crippen LogP contribution is -2.37. The van der Waals surface area contributed by atoms with Gasteiger partial charge in [-0.1, -0.05) is 51.8 Å². The zero-order valence-electron chi connectivity index (χ0n) is 20.1. The van der Waals surface area contributed by atoms with E-state index < -0.39 is 27.9 Å². The van der Waals surface area contributed by atoms with E-state index in [1.807, 2.05) is 12.1 Å². The number of halogens is 2. The van der Waals surface area contributed by atoms with Crippen LogP contribution in [0.3, 0.4) is 0 Å². The third-order valence-corrected chi connectivity index (χ3v) is 8.77. The average molecular weight is 606 g/mol. The molecular weight excluding hydrogens is 580 g/mol. The molecule has 4 rings (SSSR count). The van der Waals surface area contributed by atoms with Crippen molar-refractivity contribution in [2.45, 2.75) is 36.6 Å². The van der Waals surface area contributed by atoms with Crippen LogP contribution in [0, 0.1) is 0 Å². The Kier molecular flexibility index (Phi) is 8.38. The summed E-state index contributed by atoms with van der Waals surface area (Å²) in [7, 11) is -4.00. The van der Waals surface area contributed by atoms with Crippen LogP contribution in [0.4, 0.5) is 5.69 Å². The van der Waals surface area contributed by atoms with Gasteiger partial charge in [0.05, 0.1) is 23.5 Å². The number of nitrogens with zero attached hydrogens (tertiary/aromatic N) is 1. The normalized spacial score (nSPS) is 14.3. The van der Waals surface area contributed by atoms with E-state index in [9.17, 15) is 18.0 Å². The van der Waals surface area contributed by atoms with Crippen LogP contribution >= 0.6 is 27.5 Å². The van der Waals surface area contributed by atoms with E-state index in [0.29, 0.717) is 17.3 Å². The smallest absolute Gasteiger partial charge is 0.316 e. The van der Waals surface area contributed by atoms with Gasteiger partial charge >= 0.3 is 5.97 Å². The first-order valence-electron chi connectivity index (χ1n) is 11.7. The van der Waals surface area contributed by atoms with Gasteiger partial charge in [-0.25, -0.2) is 8.42 Å². The van der Waals surface area contributed by atoms with Crippen LogP contribution in [0.25, 0.3) is 0 Å². The Morgan fingerprint density at radius 3 is 2.19 bits per heavy atom. The van der Waals surface area contributed by atoms with Crippen LogP contribution in [-0.2, 0) is 36.3 Å². The molecule has 1 fully saturated rings. The number of hydrogen-bond donors (Lipinski definition) is 1. The van der Waals surface area contributed by atoms with Crippen LogP contribution in [0.1, 0.15) is 30.9 Å². The zero-order valence-corrected chi connectivity index (χ0v) is 23.3. The maximum absolute atomic E-state index is 13.4. The molecule has 0 atom stereocenters. The molecule has 194 valence electrons. The number of benzene rings is 3. The Morgan fingerprint density at radius 1 is 1.00 bits per heavy atom. The molecule has 0 spiro atoms. The third-order valence-electron chi connectivity index (χ3n) is 6.18. The van der Waals surface area contributed by atoms with Gasteiger partial charge in [-0.3, -0.25) is 9.59 Å². The van der Waals surface area contributed by atoms with Gasteiger partial charge in [-0.15, -0.1) is 0 Å². The number of hydrogen-bond acceptors (Lipinski definition) is 5. The van der Waals surface area contributed by atoms with E-state index in [0.717, 1.165) is 32.7 Å². The summed E-state index contributed by atoms with van der Waals surface area (Å²) in [4.78, 5) is 25.4. The highest BCUT2D eigenvalue weighted by atomic mass is 79.9. The van der Waals surface area contributed by atoms with Crippen molar-refractivity contribution in [2.75, 3.05) is 18.5 Å². The Bertz CT molecular complexity index is 1370. The molecule has 0 aliphatic heterocycles. The number of sulfonamides is 1. The van der Waals surface area contributed by atoms with E-state index >= 15 is 0 Å². The molecule has 0 bridgehead atoms. The fourth-order valence-corrected chi connectivity index (χ4v) is 5.79. The van der Waals surface area contributed by atoms with Gasteiger partial charge < -0.3 is 10.1 Å². The van der Waals surface area contributed by atoms with Crippen molar-refractivity contribution in [1.29, 1.82) is 0 Å². The second-order valence-corrected chi connectivity index (χ2v) is 12.1. The van der Waals surface area contributed by atoms with E-state index in [1.54, 1.807) is 43.3 Å². The molecule has 1 saturated carbocycles. The summed E-state index contributed by atoms with van der Waals surface area (Å²) in [6.45, 7) is 1.71. The van der Waals surface area contributed by atoms with Gasteiger partial charge in [0.15, 0.2) is 0 Å². The van der Waals surface area contributed by atoms with Crippen LogP contribution < -0.4 is 5.32 Å². The van der Waals surface area contributed by atoms with Gasteiger partial charge in [0, 0.05) is 21.7 Å². The second kappa shape index (κ2) is 11.3. The van der Waals surface area contributed by atoms with Crippen LogP contribution in [0.15, 0.2) is 82.2 Å². The maximum atomic E-state index is 13.4. The lowest BCUT2D eigenvalue weighted by Gasteiger charge is -2.22. The Morgan fingerprint density at radius 2 is 1.62 bits per heavy atom. The van der Waals surface area contributed by atoms with E-state index in [4.69, 9.17) is 16.3 Å². The highest BCUT2D eigenvalue weighted by molar-refractivity contribution is 9.10. The molecule has 3 aromatic carbocycles. The standard InChI is InChI=1S/C27H26BrClN2O5S/c1-2-36-26(33)27(15-16-27)20-5-11-23(12-6-20)30-25(32)18-31(17-19-3-7-21(28)8-4-19)37(34,35)24-13-9-22(29)10-14-24/h3-14H,2,15-18H2,1H3,(H,30,32). The molecule has 0 aromatic heterocycles. The second-order valence-electron chi connectivity index (χ2n) is 8.78. The van der Waals surface area contributed by atoms with E-state index in [1.165, 1.54) is 24.3 Å². The summed E-state index contributed by atoms with van der Waals surface area (Å²) in [5, 5.41) is 3.18. The van der Waals surface area contributed by atoms with Crippen molar-refractivity contribution >= 4 is 55.1 Å². The summed E-state index contributed by atoms with van der Waals surface area (Å²) < 4.78 is 34.1. The van der Waals surface area contributed by atoms with Gasteiger partial charge in [0.1, 0.15) is 0 Å². The molecule has 0 saturated heterocycles. The minimum atomic E-state index is -4.00. The Labute approximate surface area is 230 Å². The van der Waals surface area contributed by atoms with Crippen molar-refractivity contribution in [1.82, 2.24) is 4.31 Å². The molecule has 0 heterocycles. The van der Waals surface area contributed by atoms with Gasteiger partial charge in [0.25, 0.3) is 0 Å². The first-order valence-corrected chi connectivity index (χ1v) is 14.3. The summed E-state index contributed by atoms with van der Waals surface area (Å²) in [5.41, 5.74) is 1.46. The van der Waals surface area contributed by atoms with Crippen LogP contribution in [0.5, 0.6) is 0 Å². The molecule has 1 aliphatic rings. The average Bonchev–Trinajstić information content (AvgIpc) is 3.68. The molecule has 10 heteroatoms.